The number of hydrogen-bond acceptors (Lipinski definition) is 2. The van der Waals surface area contributed by atoms with Crippen molar-refractivity contribution in [3.05, 3.63) is 83.6 Å². The van der Waals surface area contributed by atoms with Gasteiger partial charge in [-0.05, 0) is 30.4 Å². The van der Waals surface area contributed by atoms with E-state index in [1.54, 1.807) is 0 Å². The van der Waals surface area contributed by atoms with Gasteiger partial charge in [-0.2, -0.15) is 0 Å². The van der Waals surface area contributed by atoms with Crippen LogP contribution < -0.4 is 0 Å². The molecular weight excluding hydrogens is 280 g/mol. The molecule has 0 amide bonds. The monoisotopic (exact) mass is 298 g/mol. The Morgan fingerprint density at radius 1 is 0.783 bits per heavy atom. The van der Waals surface area contributed by atoms with Crippen molar-refractivity contribution in [1.29, 1.82) is 0 Å². The minimum atomic E-state index is 0.887. The molecule has 4 rings (SSSR count). The summed E-state index contributed by atoms with van der Waals surface area (Å²) < 4.78 is 0. The highest BCUT2D eigenvalue weighted by atomic mass is 15.1. The predicted molar refractivity (Wildman–Crippen MR) is 95.7 cm³/mol. The fourth-order valence-corrected chi connectivity index (χ4v) is 3.12. The molecule has 2 aliphatic carbocycles. The van der Waals surface area contributed by atoms with Crippen LogP contribution in [-0.4, -0.2) is 10.2 Å². The Morgan fingerprint density at radius 3 is 2.48 bits per heavy atom. The zero-order chi connectivity index (χ0) is 15.5. The molecule has 0 N–H and O–H groups in total. The maximum Gasteiger partial charge on any atom is 0.100 e. The van der Waals surface area contributed by atoms with Crippen molar-refractivity contribution in [3.63, 3.8) is 0 Å². The Bertz CT molecular complexity index is 840. The van der Waals surface area contributed by atoms with Crippen LogP contribution in [0.15, 0.2) is 66.8 Å². The van der Waals surface area contributed by atoms with Gasteiger partial charge in [0.05, 0.1) is 5.69 Å². The second-order valence-electron chi connectivity index (χ2n) is 5.79. The van der Waals surface area contributed by atoms with Gasteiger partial charge < -0.3 is 0 Å². The Balaban J connectivity index is 1.92. The van der Waals surface area contributed by atoms with Crippen molar-refractivity contribution < 1.29 is 0 Å². The normalized spacial score (nSPS) is 15.9. The fraction of sp³-hybridized carbons (Fsp3) is 0.143. The van der Waals surface area contributed by atoms with Crippen LogP contribution >= 0.6 is 0 Å². The van der Waals surface area contributed by atoms with Crippen LogP contribution in [0.25, 0.3) is 22.9 Å². The zero-order valence-electron chi connectivity index (χ0n) is 12.9. The average Bonchev–Trinajstić information content (AvgIpc) is 2.88. The molecule has 0 spiro atoms. The molecule has 23 heavy (non-hydrogen) atoms. The van der Waals surface area contributed by atoms with Crippen LogP contribution in [0.1, 0.15) is 29.7 Å². The van der Waals surface area contributed by atoms with E-state index in [2.05, 4.69) is 64.9 Å². The summed E-state index contributed by atoms with van der Waals surface area (Å²) in [5.74, 6) is 0. The molecule has 0 saturated heterocycles. The standard InChI is InChI=1S/C21H18N2/c1-4-10-16(11-5-1)20-18-14-8-3-9-15-19(18)21(23-22-20)17-12-6-2-7-13-17/h1,3-6,8-14H,2,7,15H2. The van der Waals surface area contributed by atoms with Gasteiger partial charge in [0, 0.05) is 11.1 Å². The van der Waals surface area contributed by atoms with Crippen molar-refractivity contribution in [2.75, 3.05) is 0 Å². The van der Waals surface area contributed by atoms with Crippen LogP contribution in [0, 0.1) is 0 Å². The van der Waals surface area contributed by atoms with E-state index in [-0.39, 0.29) is 0 Å². The molecule has 0 aliphatic heterocycles. The average molecular weight is 298 g/mol. The Hall–Kier alpha value is -2.74. The minimum absolute atomic E-state index is 0.887. The molecule has 1 aromatic heterocycles. The van der Waals surface area contributed by atoms with Gasteiger partial charge in [0.15, 0.2) is 0 Å². The minimum Gasteiger partial charge on any atom is -0.150 e. The highest BCUT2D eigenvalue weighted by Gasteiger charge is 2.18. The molecule has 0 bridgehead atoms. The van der Waals surface area contributed by atoms with E-state index >= 15 is 0 Å². The molecule has 2 aromatic rings. The van der Waals surface area contributed by atoms with Gasteiger partial charge in [-0.1, -0.05) is 72.9 Å². The topological polar surface area (TPSA) is 25.8 Å². The van der Waals surface area contributed by atoms with Crippen LogP contribution in [-0.2, 0) is 6.42 Å². The molecule has 1 aromatic carbocycles. The molecule has 112 valence electrons. The van der Waals surface area contributed by atoms with Crippen molar-refractivity contribution in [2.24, 2.45) is 0 Å². The van der Waals surface area contributed by atoms with E-state index in [1.807, 2.05) is 18.2 Å². The number of nitrogens with zero attached hydrogens (tertiary/aromatic N) is 2. The summed E-state index contributed by atoms with van der Waals surface area (Å²) in [5, 5.41) is 9.17. The van der Waals surface area contributed by atoms with Crippen LogP contribution in [0.5, 0.6) is 0 Å². The number of fused-ring (bicyclic) bond motifs is 1. The number of aromatic nitrogens is 2. The molecular formula is C21H18N2. The van der Waals surface area contributed by atoms with Gasteiger partial charge in [-0.15, -0.1) is 10.2 Å². The molecule has 2 heteroatoms. The molecule has 0 saturated carbocycles. The highest BCUT2D eigenvalue weighted by molar-refractivity contribution is 5.81. The lowest BCUT2D eigenvalue weighted by molar-refractivity contribution is 0.972. The van der Waals surface area contributed by atoms with Crippen molar-refractivity contribution in [1.82, 2.24) is 10.2 Å². The lowest BCUT2D eigenvalue weighted by Gasteiger charge is -2.15. The van der Waals surface area contributed by atoms with Gasteiger partial charge in [0.25, 0.3) is 0 Å². The van der Waals surface area contributed by atoms with E-state index in [4.69, 9.17) is 0 Å². The zero-order valence-corrected chi connectivity index (χ0v) is 12.9. The van der Waals surface area contributed by atoms with Crippen molar-refractivity contribution in [3.8, 4) is 11.3 Å². The number of benzene rings is 1. The fourth-order valence-electron chi connectivity index (χ4n) is 3.12. The number of allylic oxidation sites excluding steroid dienone is 7. The van der Waals surface area contributed by atoms with E-state index < -0.39 is 0 Å². The first-order valence-electron chi connectivity index (χ1n) is 8.09. The summed E-state index contributed by atoms with van der Waals surface area (Å²) in [6, 6.07) is 10.3. The van der Waals surface area contributed by atoms with E-state index in [0.717, 1.165) is 36.2 Å². The second-order valence-corrected chi connectivity index (χ2v) is 5.79. The Morgan fingerprint density at radius 2 is 1.65 bits per heavy atom. The lowest BCUT2D eigenvalue weighted by atomic mass is 9.93. The van der Waals surface area contributed by atoms with Gasteiger partial charge in [0.2, 0.25) is 0 Å². The molecule has 2 aliphatic rings. The first-order valence-corrected chi connectivity index (χ1v) is 8.09. The highest BCUT2D eigenvalue weighted by Crippen LogP contribution is 2.32. The molecule has 0 fully saturated rings. The summed E-state index contributed by atoms with van der Waals surface area (Å²) in [4.78, 5) is 0. The third-order valence-corrected chi connectivity index (χ3v) is 4.26. The summed E-state index contributed by atoms with van der Waals surface area (Å²) >= 11 is 0. The van der Waals surface area contributed by atoms with Crippen LogP contribution in [0.2, 0.25) is 0 Å². The summed E-state index contributed by atoms with van der Waals surface area (Å²) in [6.07, 6.45) is 18.3. The van der Waals surface area contributed by atoms with Crippen LogP contribution in [0.3, 0.4) is 0 Å². The number of hydrogen-bond donors (Lipinski definition) is 0. The molecule has 0 atom stereocenters. The molecule has 1 heterocycles. The van der Waals surface area contributed by atoms with Gasteiger partial charge in [0.1, 0.15) is 5.69 Å². The third-order valence-electron chi connectivity index (χ3n) is 4.26. The van der Waals surface area contributed by atoms with Crippen molar-refractivity contribution in [2.45, 2.75) is 19.3 Å². The van der Waals surface area contributed by atoms with Crippen molar-refractivity contribution >= 4 is 11.6 Å². The lowest BCUT2D eigenvalue weighted by Crippen LogP contribution is -2.05. The van der Waals surface area contributed by atoms with Crippen LogP contribution in [0.4, 0.5) is 0 Å². The SMILES string of the molecule is C1=CCc2c(C3=CCCC=C3)nnc(-c3ccccc3)c2C=C1. The molecule has 0 radical (unpaired) electrons. The summed E-state index contributed by atoms with van der Waals surface area (Å²) in [5.41, 5.74) is 6.75. The summed E-state index contributed by atoms with van der Waals surface area (Å²) in [6.45, 7) is 0. The Labute approximate surface area is 136 Å². The largest absolute Gasteiger partial charge is 0.150 e. The first kappa shape index (κ1) is 13.9. The van der Waals surface area contributed by atoms with E-state index in [1.165, 1.54) is 16.7 Å². The molecule has 0 unspecified atom stereocenters. The van der Waals surface area contributed by atoms with Gasteiger partial charge in [-0.25, -0.2) is 0 Å². The van der Waals surface area contributed by atoms with Gasteiger partial charge >= 0.3 is 0 Å². The maximum absolute atomic E-state index is 4.60. The molecule has 2 nitrogen and oxygen atoms in total. The Kier molecular flexibility index (Phi) is 3.73. The quantitative estimate of drug-likeness (QED) is 0.779. The smallest absolute Gasteiger partial charge is 0.100 e. The maximum atomic E-state index is 4.60. The number of rotatable bonds is 2. The van der Waals surface area contributed by atoms with E-state index in [0.29, 0.717) is 0 Å². The summed E-state index contributed by atoms with van der Waals surface area (Å²) in [7, 11) is 0. The third kappa shape index (κ3) is 2.68. The first-order chi connectivity index (χ1) is 11.4. The second kappa shape index (κ2) is 6.17. The van der Waals surface area contributed by atoms with Gasteiger partial charge in [-0.3, -0.25) is 0 Å². The predicted octanol–water partition coefficient (Wildman–Crippen LogP) is 5.00. The van der Waals surface area contributed by atoms with E-state index in [9.17, 15) is 0 Å².